The zero-order valence-corrected chi connectivity index (χ0v) is 9.34. The van der Waals surface area contributed by atoms with Gasteiger partial charge in [-0.3, -0.25) is 4.79 Å². The van der Waals surface area contributed by atoms with Crippen LogP contribution in [0, 0.1) is 0 Å². The number of nitrogens with two attached hydrogens (primary N) is 1. The number of methoxy groups -OCH3 is 1. The average molecular weight is 238 g/mol. The standard InChI is InChI=1S/C11H14N2O4/c1-17-11(16)7-2-4-8(5-3-7)13-10(15)9(14)6-12/h2-5,9,14H,6,12H2,1H3,(H,13,15). The number of benzene rings is 1. The van der Waals surface area contributed by atoms with Crippen LogP contribution in [-0.4, -0.2) is 36.7 Å². The quantitative estimate of drug-likeness (QED) is 0.627. The van der Waals surface area contributed by atoms with E-state index in [0.717, 1.165) is 0 Å². The number of carbonyl (C=O) groups excluding carboxylic acids is 2. The topological polar surface area (TPSA) is 102 Å². The molecular formula is C11H14N2O4. The number of carbonyl (C=O) groups is 2. The van der Waals surface area contributed by atoms with Crippen LogP contribution in [0.1, 0.15) is 10.4 Å². The first-order valence-electron chi connectivity index (χ1n) is 4.96. The highest BCUT2D eigenvalue weighted by atomic mass is 16.5. The van der Waals surface area contributed by atoms with Crippen LogP contribution in [0.4, 0.5) is 5.69 Å². The van der Waals surface area contributed by atoms with E-state index in [1.165, 1.54) is 31.4 Å². The molecular weight excluding hydrogens is 224 g/mol. The minimum absolute atomic E-state index is 0.147. The number of ether oxygens (including phenoxy) is 1. The molecule has 1 amide bonds. The molecule has 0 heterocycles. The number of aliphatic hydroxyl groups excluding tert-OH is 1. The Balaban J connectivity index is 2.69. The molecule has 0 fully saturated rings. The van der Waals surface area contributed by atoms with Crippen molar-refractivity contribution in [2.75, 3.05) is 19.0 Å². The summed E-state index contributed by atoms with van der Waals surface area (Å²) in [4.78, 5) is 22.4. The summed E-state index contributed by atoms with van der Waals surface area (Å²) >= 11 is 0. The zero-order chi connectivity index (χ0) is 12.8. The van der Waals surface area contributed by atoms with Gasteiger partial charge in [-0.15, -0.1) is 0 Å². The van der Waals surface area contributed by atoms with E-state index in [2.05, 4.69) is 10.1 Å². The lowest BCUT2D eigenvalue weighted by Crippen LogP contribution is -2.34. The van der Waals surface area contributed by atoms with Crippen LogP contribution in [0.3, 0.4) is 0 Å². The highest BCUT2D eigenvalue weighted by Gasteiger charge is 2.13. The van der Waals surface area contributed by atoms with Gasteiger partial charge in [-0.05, 0) is 24.3 Å². The van der Waals surface area contributed by atoms with E-state index in [1.54, 1.807) is 0 Å². The SMILES string of the molecule is COC(=O)c1ccc(NC(=O)C(O)CN)cc1. The molecule has 0 aliphatic carbocycles. The minimum Gasteiger partial charge on any atom is -0.465 e. The van der Waals surface area contributed by atoms with Crippen molar-refractivity contribution in [1.29, 1.82) is 0 Å². The Morgan fingerprint density at radius 3 is 2.47 bits per heavy atom. The number of aliphatic hydroxyl groups is 1. The van der Waals surface area contributed by atoms with Gasteiger partial charge in [0.1, 0.15) is 6.10 Å². The van der Waals surface area contributed by atoms with Crippen molar-refractivity contribution in [3.63, 3.8) is 0 Å². The van der Waals surface area contributed by atoms with Crippen LogP contribution in [-0.2, 0) is 9.53 Å². The van der Waals surface area contributed by atoms with E-state index in [9.17, 15) is 9.59 Å². The molecule has 1 atom stereocenters. The molecule has 0 saturated heterocycles. The van der Waals surface area contributed by atoms with Gasteiger partial charge >= 0.3 is 5.97 Å². The molecule has 1 aromatic rings. The molecule has 1 aromatic carbocycles. The molecule has 17 heavy (non-hydrogen) atoms. The highest BCUT2D eigenvalue weighted by Crippen LogP contribution is 2.10. The molecule has 0 aliphatic heterocycles. The third-order valence-corrected chi connectivity index (χ3v) is 2.10. The summed E-state index contributed by atoms with van der Waals surface area (Å²) in [5, 5.41) is 11.6. The maximum absolute atomic E-state index is 11.3. The Kier molecular flexibility index (Phi) is 4.62. The molecule has 6 nitrogen and oxygen atoms in total. The third kappa shape index (κ3) is 3.54. The molecule has 1 rings (SSSR count). The second-order valence-corrected chi connectivity index (χ2v) is 3.31. The molecule has 4 N–H and O–H groups in total. The van der Waals surface area contributed by atoms with Crippen molar-refractivity contribution in [1.82, 2.24) is 0 Å². The Bertz CT molecular complexity index is 402. The van der Waals surface area contributed by atoms with Gasteiger partial charge in [0.15, 0.2) is 0 Å². The smallest absolute Gasteiger partial charge is 0.337 e. The van der Waals surface area contributed by atoms with E-state index in [-0.39, 0.29) is 6.54 Å². The van der Waals surface area contributed by atoms with E-state index in [4.69, 9.17) is 10.8 Å². The van der Waals surface area contributed by atoms with Crippen LogP contribution in [0.5, 0.6) is 0 Å². The summed E-state index contributed by atoms with van der Waals surface area (Å²) in [5.41, 5.74) is 5.98. The van der Waals surface area contributed by atoms with Gasteiger partial charge in [0.2, 0.25) is 0 Å². The van der Waals surface area contributed by atoms with Crippen molar-refractivity contribution in [2.45, 2.75) is 6.10 Å². The van der Waals surface area contributed by atoms with Crippen molar-refractivity contribution in [2.24, 2.45) is 5.73 Å². The largest absolute Gasteiger partial charge is 0.465 e. The lowest BCUT2D eigenvalue weighted by Gasteiger charge is -2.09. The van der Waals surface area contributed by atoms with E-state index in [0.29, 0.717) is 11.3 Å². The molecule has 0 bridgehead atoms. The van der Waals surface area contributed by atoms with E-state index in [1.807, 2.05) is 0 Å². The predicted octanol–water partition coefficient (Wildman–Crippen LogP) is -0.269. The maximum Gasteiger partial charge on any atom is 0.337 e. The lowest BCUT2D eigenvalue weighted by atomic mass is 10.2. The minimum atomic E-state index is -1.24. The van der Waals surface area contributed by atoms with Gasteiger partial charge in [0.05, 0.1) is 12.7 Å². The van der Waals surface area contributed by atoms with Gasteiger partial charge in [0.25, 0.3) is 5.91 Å². The number of hydrogen-bond acceptors (Lipinski definition) is 5. The lowest BCUT2D eigenvalue weighted by molar-refractivity contribution is -0.123. The zero-order valence-electron chi connectivity index (χ0n) is 9.34. The summed E-state index contributed by atoms with van der Waals surface area (Å²) < 4.78 is 4.53. The molecule has 0 saturated carbocycles. The number of hydrogen-bond donors (Lipinski definition) is 3. The fraction of sp³-hybridized carbons (Fsp3) is 0.273. The second-order valence-electron chi connectivity index (χ2n) is 3.31. The Hall–Kier alpha value is -1.92. The number of anilines is 1. The van der Waals surface area contributed by atoms with Crippen LogP contribution in [0.15, 0.2) is 24.3 Å². The fourth-order valence-corrected chi connectivity index (χ4v) is 1.14. The molecule has 0 aromatic heterocycles. The summed E-state index contributed by atoms with van der Waals surface area (Å²) in [6, 6.07) is 6.09. The monoisotopic (exact) mass is 238 g/mol. The van der Waals surface area contributed by atoms with E-state index >= 15 is 0 Å². The third-order valence-electron chi connectivity index (χ3n) is 2.10. The Morgan fingerprint density at radius 2 is 2.00 bits per heavy atom. The Labute approximate surface area is 98.4 Å². The molecule has 6 heteroatoms. The van der Waals surface area contributed by atoms with Crippen molar-refractivity contribution in [3.8, 4) is 0 Å². The van der Waals surface area contributed by atoms with Crippen LogP contribution >= 0.6 is 0 Å². The van der Waals surface area contributed by atoms with Gasteiger partial charge in [-0.2, -0.15) is 0 Å². The molecule has 1 unspecified atom stereocenters. The van der Waals surface area contributed by atoms with Crippen molar-refractivity contribution >= 4 is 17.6 Å². The highest BCUT2D eigenvalue weighted by molar-refractivity contribution is 5.95. The summed E-state index contributed by atoms with van der Waals surface area (Å²) in [6.45, 7) is -0.147. The van der Waals surface area contributed by atoms with Crippen LogP contribution in [0.2, 0.25) is 0 Å². The molecule has 0 radical (unpaired) electrons. The summed E-state index contributed by atoms with van der Waals surface area (Å²) in [6.07, 6.45) is -1.24. The predicted molar refractivity (Wildman–Crippen MR) is 61.5 cm³/mol. The maximum atomic E-state index is 11.3. The fourth-order valence-electron chi connectivity index (χ4n) is 1.14. The summed E-state index contributed by atoms with van der Waals surface area (Å²) in [5.74, 6) is -1.04. The number of nitrogens with one attached hydrogen (secondary N) is 1. The second kappa shape index (κ2) is 5.97. The first-order valence-corrected chi connectivity index (χ1v) is 4.96. The number of amides is 1. The summed E-state index contributed by atoms with van der Waals surface area (Å²) in [7, 11) is 1.29. The number of esters is 1. The van der Waals surface area contributed by atoms with Crippen LogP contribution in [0.25, 0.3) is 0 Å². The Morgan fingerprint density at radius 1 is 1.41 bits per heavy atom. The first-order chi connectivity index (χ1) is 8.08. The molecule has 0 spiro atoms. The first kappa shape index (κ1) is 13.1. The van der Waals surface area contributed by atoms with Gasteiger partial charge in [0, 0.05) is 12.2 Å². The van der Waals surface area contributed by atoms with Gasteiger partial charge in [-0.25, -0.2) is 4.79 Å². The van der Waals surface area contributed by atoms with Crippen LogP contribution < -0.4 is 11.1 Å². The average Bonchev–Trinajstić information content (AvgIpc) is 2.37. The van der Waals surface area contributed by atoms with Crippen molar-refractivity contribution < 1.29 is 19.4 Å². The molecule has 92 valence electrons. The normalized spacial score (nSPS) is 11.7. The van der Waals surface area contributed by atoms with Gasteiger partial charge < -0.3 is 20.9 Å². The van der Waals surface area contributed by atoms with Gasteiger partial charge in [-0.1, -0.05) is 0 Å². The number of rotatable bonds is 4. The van der Waals surface area contributed by atoms with Crippen molar-refractivity contribution in [3.05, 3.63) is 29.8 Å². The molecule has 0 aliphatic rings. The van der Waals surface area contributed by atoms with E-state index < -0.39 is 18.0 Å².